The van der Waals surface area contributed by atoms with Crippen molar-refractivity contribution in [1.82, 2.24) is 24.8 Å². The zero-order valence-corrected chi connectivity index (χ0v) is 16.3. The van der Waals surface area contributed by atoms with Crippen molar-refractivity contribution >= 4 is 0 Å². The molecule has 3 aromatic rings. The van der Waals surface area contributed by atoms with Crippen molar-refractivity contribution in [3.8, 4) is 22.6 Å². The molecular weight excluding hydrogens is 334 g/mol. The molecule has 1 unspecified atom stereocenters. The monoisotopic (exact) mass is 361 g/mol. The van der Waals surface area contributed by atoms with Gasteiger partial charge in [0, 0.05) is 30.3 Å². The van der Waals surface area contributed by atoms with Crippen LogP contribution in [-0.4, -0.2) is 32.1 Å². The molecule has 5 nitrogen and oxygen atoms in total. The van der Waals surface area contributed by atoms with E-state index in [1.807, 2.05) is 24.7 Å². The van der Waals surface area contributed by atoms with E-state index in [1.54, 1.807) is 0 Å². The fourth-order valence-electron chi connectivity index (χ4n) is 3.78. The lowest BCUT2D eigenvalue weighted by Gasteiger charge is -2.15. The fraction of sp³-hybridized carbons (Fsp3) is 0.409. The molecule has 5 heteroatoms. The van der Waals surface area contributed by atoms with Crippen LogP contribution in [0.1, 0.15) is 38.9 Å². The van der Waals surface area contributed by atoms with Gasteiger partial charge in [0.25, 0.3) is 0 Å². The van der Waals surface area contributed by atoms with E-state index in [2.05, 4.69) is 59.9 Å². The van der Waals surface area contributed by atoms with Gasteiger partial charge in [0.1, 0.15) is 5.82 Å². The Kier molecular flexibility index (Phi) is 5.03. The van der Waals surface area contributed by atoms with Crippen LogP contribution in [0.3, 0.4) is 0 Å². The molecular formula is C22H27N5. The zero-order valence-electron chi connectivity index (χ0n) is 16.3. The molecule has 1 N–H and O–H groups in total. The van der Waals surface area contributed by atoms with E-state index in [-0.39, 0.29) is 0 Å². The quantitative estimate of drug-likeness (QED) is 0.742. The summed E-state index contributed by atoms with van der Waals surface area (Å²) in [5, 5.41) is 3.63. The van der Waals surface area contributed by atoms with Gasteiger partial charge in [-0.05, 0) is 24.9 Å². The van der Waals surface area contributed by atoms with Crippen LogP contribution in [0.4, 0.5) is 0 Å². The molecule has 140 valence electrons. The summed E-state index contributed by atoms with van der Waals surface area (Å²) in [6.07, 6.45) is 5.01. The topological polar surface area (TPSA) is 55.6 Å². The summed E-state index contributed by atoms with van der Waals surface area (Å²) in [7, 11) is 0. The first-order valence-electron chi connectivity index (χ1n) is 9.79. The van der Waals surface area contributed by atoms with Gasteiger partial charge in [0.05, 0.1) is 23.4 Å². The van der Waals surface area contributed by atoms with E-state index in [0.717, 1.165) is 47.5 Å². The summed E-state index contributed by atoms with van der Waals surface area (Å²) in [6, 6.07) is 12.8. The number of imidazole rings is 1. The highest BCUT2D eigenvalue weighted by molar-refractivity contribution is 5.76. The first-order valence-corrected chi connectivity index (χ1v) is 9.79. The Hall–Kier alpha value is -2.53. The molecule has 0 spiro atoms. The number of benzene rings is 1. The maximum absolute atomic E-state index is 4.86. The van der Waals surface area contributed by atoms with Crippen molar-refractivity contribution in [1.29, 1.82) is 0 Å². The third-order valence-corrected chi connectivity index (χ3v) is 5.18. The Bertz CT molecular complexity index is 900. The van der Waals surface area contributed by atoms with Gasteiger partial charge in [-0.15, -0.1) is 0 Å². The largest absolute Gasteiger partial charge is 0.327 e. The summed E-state index contributed by atoms with van der Waals surface area (Å²) >= 11 is 0. The number of nitrogens with one attached hydrogen (secondary N) is 1. The normalized spacial score (nSPS) is 19.7. The van der Waals surface area contributed by atoms with Crippen molar-refractivity contribution in [3.63, 3.8) is 0 Å². The summed E-state index contributed by atoms with van der Waals surface area (Å²) < 4.78 is 2.25. The molecule has 0 radical (unpaired) electrons. The van der Waals surface area contributed by atoms with Crippen molar-refractivity contribution in [2.45, 2.75) is 45.7 Å². The molecule has 0 amide bonds. The lowest BCUT2D eigenvalue weighted by molar-refractivity contribution is 0.500. The minimum absolute atomic E-state index is 0.291. The van der Waals surface area contributed by atoms with Gasteiger partial charge < -0.3 is 9.88 Å². The predicted octanol–water partition coefficient (Wildman–Crippen LogP) is 4.13. The highest BCUT2D eigenvalue weighted by atomic mass is 15.1. The number of aromatic nitrogens is 4. The lowest BCUT2D eigenvalue weighted by Crippen LogP contribution is -2.26. The highest BCUT2D eigenvalue weighted by Crippen LogP contribution is 2.31. The van der Waals surface area contributed by atoms with Gasteiger partial charge in [-0.1, -0.05) is 51.1 Å². The van der Waals surface area contributed by atoms with Gasteiger partial charge in [0.2, 0.25) is 0 Å². The molecule has 1 aliphatic heterocycles. The van der Waals surface area contributed by atoms with Gasteiger partial charge in [-0.2, -0.15) is 0 Å². The molecule has 2 aromatic heterocycles. The molecule has 1 aliphatic rings. The smallest absolute Gasteiger partial charge is 0.131 e. The first-order chi connectivity index (χ1) is 13.1. The van der Waals surface area contributed by atoms with Crippen molar-refractivity contribution in [2.24, 2.45) is 5.92 Å². The highest BCUT2D eigenvalue weighted by Gasteiger charge is 2.24. The van der Waals surface area contributed by atoms with E-state index in [4.69, 9.17) is 9.97 Å². The second-order valence-electron chi connectivity index (χ2n) is 7.86. The lowest BCUT2D eigenvalue weighted by atomic mass is 10.1. The Morgan fingerprint density at radius 1 is 1.15 bits per heavy atom. The Balaban J connectivity index is 1.78. The maximum atomic E-state index is 4.86. The van der Waals surface area contributed by atoms with E-state index in [1.165, 1.54) is 6.42 Å². The van der Waals surface area contributed by atoms with Crippen molar-refractivity contribution < 1.29 is 0 Å². The predicted molar refractivity (Wildman–Crippen MR) is 108 cm³/mol. The van der Waals surface area contributed by atoms with Gasteiger partial charge in [0.15, 0.2) is 0 Å². The third kappa shape index (κ3) is 3.78. The molecule has 1 fully saturated rings. The average molecular weight is 361 g/mol. The Labute approximate surface area is 160 Å². The Morgan fingerprint density at radius 2 is 1.96 bits per heavy atom. The summed E-state index contributed by atoms with van der Waals surface area (Å²) in [5.74, 6) is 1.88. The second kappa shape index (κ2) is 7.61. The first kappa shape index (κ1) is 17.9. The maximum Gasteiger partial charge on any atom is 0.131 e. The minimum Gasteiger partial charge on any atom is -0.327 e. The summed E-state index contributed by atoms with van der Waals surface area (Å²) in [6.45, 7) is 8.54. The minimum atomic E-state index is 0.291. The number of nitrogens with zero attached hydrogens (tertiary/aromatic N) is 4. The SMILES string of the molecule is CC1CN[C@@H](Cn2cnc(-c3ccccc3)c2-c2ccnc(C(C)C)n2)C1. The van der Waals surface area contributed by atoms with Crippen molar-refractivity contribution in [3.05, 3.63) is 54.7 Å². The number of hydrogen-bond acceptors (Lipinski definition) is 4. The molecule has 0 aliphatic carbocycles. The van der Waals surface area contributed by atoms with Crippen LogP contribution in [0.15, 0.2) is 48.9 Å². The van der Waals surface area contributed by atoms with Crippen LogP contribution < -0.4 is 5.32 Å². The van der Waals surface area contributed by atoms with Crippen LogP contribution in [0, 0.1) is 5.92 Å². The molecule has 4 rings (SSSR count). The summed E-state index contributed by atoms with van der Waals surface area (Å²) in [4.78, 5) is 14.1. The standard InChI is InChI=1S/C22H27N5/c1-15(2)22-23-10-9-19(26-22)21-20(17-7-5-4-6-8-17)25-14-27(21)13-18-11-16(3)12-24-18/h4-10,14-16,18,24H,11-13H2,1-3H3/t16?,18-/m1/s1. The number of rotatable bonds is 5. The third-order valence-electron chi connectivity index (χ3n) is 5.18. The van der Waals surface area contributed by atoms with Gasteiger partial charge >= 0.3 is 0 Å². The van der Waals surface area contributed by atoms with Crippen LogP contribution in [-0.2, 0) is 6.54 Å². The Morgan fingerprint density at radius 3 is 2.67 bits per heavy atom. The van der Waals surface area contributed by atoms with Crippen LogP contribution in [0.2, 0.25) is 0 Å². The zero-order chi connectivity index (χ0) is 18.8. The molecule has 1 saturated heterocycles. The molecule has 1 aromatic carbocycles. The van der Waals surface area contributed by atoms with E-state index >= 15 is 0 Å². The summed E-state index contributed by atoms with van der Waals surface area (Å²) in [5.41, 5.74) is 4.11. The van der Waals surface area contributed by atoms with Crippen molar-refractivity contribution in [2.75, 3.05) is 6.54 Å². The molecule has 27 heavy (non-hydrogen) atoms. The molecule has 3 heterocycles. The van der Waals surface area contributed by atoms with Gasteiger partial charge in [-0.25, -0.2) is 15.0 Å². The molecule has 0 bridgehead atoms. The molecule has 0 saturated carbocycles. The van der Waals surface area contributed by atoms with E-state index in [9.17, 15) is 0 Å². The van der Waals surface area contributed by atoms with Gasteiger partial charge in [-0.3, -0.25) is 0 Å². The number of hydrogen-bond donors (Lipinski definition) is 1. The second-order valence-corrected chi connectivity index (χ2v) is 7.86. The van der Waals surface area contributed by atoms with E-state index in [0.29, 0.717) is 12.0 Å². The average Bonchev–Trinajstić information content (AvgIpc) is 3.29. The van der Waals surface area contributed by atoms with Crippen LogP contribution in [0.5, 0.6) is 0 Å². The van der Waals surface area contributed by atoms with E-state index < -0.39 is 0 Å². The molecule has 2 atom stereocenters. The van der Waals surface area contributed by atoms with Crippen LogP contribution >= 0.6 is 0 Å². The fourth-order valence-corrected chi connectivity index (χ4v) is 3.78. The van der Waals surface area contributed by atoms with Crippen LogP contribution in [0.25, 0.3) is 22.6 Å².